The maximum absolute atomic E-state index is 13.2. The minimum Gasteiger partial charge on any atom is -0.466 e. The van der Waals surface area contributed by atoms with E-state index in [0.717, 1.165) is 42.3 Å². The molecule has 1 aromatic rings. The van der Waals surface area contributed by atoms with Crippen molar-refractivity contribution in [3.05, 3.63) is 50.7 Å². The van der Waals surface area contributed by atoms with Crippen molar-refractivity contribution in [2.45, 2.75) is 0 Å². The molecular weight excluding hydrogens is 343 g/mol. The molecule has 1 aromatic carbocycles. The molecule has 124 valence electrons. The summed E-state index contributed by atoms with van der Waals surface area (Å²) in [7, 11) is 1.17. The van der Waals surface area contributed by atoms with Crippen LogP contribution < -0.4 is 5.32 Å². The number of hydrogen-bond acceptors (Lipinski definition) is 8. The Morgan fingerprint density at radius 3 is 2.92 bits per heavy atom. The summed E-state index contributed by atoms with van der Waals surface area (Å²) in [5.74, 6) is -1.93. The number of nitro benzene ring substituents is 1. The van der Waals surface area contributed by atoms with Crippen LogP contribution in [0.25, 0.3) is 0 Å². The van der Waals surface area contributed by atoms with Crippen LogP contribution in [0.1, 0.15) is 5.56 Å². The van der Waals surface area contributed by atoms with E-state index in [2.05, 4.69) is 20.3 Å². The van der Waals surface area contributed by atoms with Gasteiger partial charge in [0, 0.05) is 12.1 Å². The zero-order valence-corrected chi connectivity index (χ0v) is 12.9. The summed E-state index contributed by atoms with van der Waals surface area (Å²) in [5, 5.41) is 20.5. The van der Waals surface area contributed by atoms with E-state index >= 15 is 0 Å². The van der Waals surface area contributed by atoms with Crippen LogP contribution in [0.2, 0.25) is 0 Å². The van der Waals surface area contributed by atoms with E-state index in [1.165, 1.54) is 7.11 Å². The number of methoxy groups -OCH3 is 1. The maximum atomic E-state index is 13.2. The highest BCUT2D eigenvalue weighted by atomic mass is 32.2. The van der Waals surface area contributed by atoms with Crippen LogP contribution in [0.4, 0.5) is 10.1 Å². The lowest BCUT2D eigenvalue weighted by molar-refractivity contribution is -0.385. The number of rotatable bonds is 4. The van der Waals surface area contributed by atoms with Crippen molar-refractivity contribution in [2.75, 3.05) is 7.11 Å². The minimum atomic E-state index is -0.701. The molecular formula is C13H9FN4O5S. The summed E-state index contributed by atoms with van der Waals surface area (Å²) in [4.78, 5) is 32.9. The minimum absolute atomic E-state index is 0.0606. The number of benzene rings is 1. The highest BCUT2D eigenvalue weighted by Crippen LogP contribution is 2.23. The fourth-order valence-electron chi connectivity index (χ4n) is 1.58. The normalized spacial score (nSPS) is 17.5. The first-order chi connectivity index (χ1) is 11.4. The van der Waals surface area contributed by atoms with Crippen LogP contribution in [0.3, 0.4) is 0 Å². The molecule has 1 saturated heterocycles. The number of carbonyl (C=O) groups is 2. The first-order valence-electron chi connectivity index (χ1n) is 6.24. The first-order valence-corrected chi connectivity index (χ1v) is 7.06. The Morgan fingerprint density at radius 2 is 2.25 bits per heavy atom. The third-order valence-electron chi connectivity index (χ3n) is 2.63. The van der Waals surface area contributed by atoms with Gasteiger partial charge in [0.2, 0.25) is 0 Å². The van der Waals surface area contributed by atoms with Crippen molar-refractivity contribution < 1.29 is 23.6 Å². The number of hydrogen-bond donors (Lipinski definition) is 1. The molecule has 0 radical (unpaired) electrons. The molecule has 11 heteroatoms. The number of amides is 1. The predicted molar refractivity (Wildman–Crippen MR) is 83.9 cm³/mol. The molecule has 0 bridgehead atoms. The molecule has 1 amide bonds. The van der Waals surface area contributed by atoms with E-state index in [0.29, 0.717) is 0 Å². The molecule has 1 heterocycles. The summed E-state index contributed by atoms with van der Waals surface area (Å²) in [5.41, 5.74) is -0.418. The molecule has 0 aromatic heterocycles. The van der Waals surface area contributed by atoms with Crippen molar-refractivity contribution in [2.24, 2.45) is 10.2 Å². The van der Waals surface area contributed by atoms with E-state index in [-0.39, 0.29) is 21.3 Å². The summed E-state index contributed by atoms with van der Waals surface area (Å²) in [6.07, 6.45) is 1.98. The van der Waals surface area contributed by atoms with Crippen molar-refractivity contribution in [3.63, 3.8) is 0 Å². The van der Waals surface area contributed by atoms with Gasteiger partial charge in [-0.05, 0) is 23.9 Å². The van der Waals surface area contributed by atoms with Crippen molar-refractivity contribution in [1.82, 2.24) is 5.32 Å². The van der Waals surface area contributed by atoms with Gasteiger partial charge in [0.15, 0.2) is 5.17 Å². The number of nitro groups is 1. The molecule has 0 saturated carbocycles. The zero-order chi connectivity index (χ0) is 17.7. The maximum Gasteiger partial charge on any atom is 0.331 e. The number of halogens is 1. The van der Waals surface area contributed by atoms with Gasteiger partial charge >= 0.3 is 5.97 Å². The van der Waals surface area contributed by atoms with Crippen LogP contribution in [0.15, 0.2) is 39.4 Å². The number of esters is 1. The molecule has 0 spiro atoms. The van der Waals surface area contributed by atoms with Gasteiger partial charge in [0.1, 0.15) is 5.82 Å². The van der Waals surface area contributed by atoms with E-state index in [1.807, 2.05) is 0 Å². The second kappa shape index (κ2) is 7.46. The van der Waals surface area contributed by atoms with Gasteiger partial charge in [-0.3, -0.25) is 20.2 Å². The van der Waals surface area contributed by atoms with Crippen molar-refractivity contribution in [3.8, 4) is 0 Å². The zero-order valence-electron chi connectivity index (χ0n) is 12.1. The fourth-order valence-corrected chi connectivity index (χ4v) is 2.32. The van der Waals surface area contributed by atoms with Crippen molar-refractivity contribution in [1.29, 1.82) is 0 Å². The lowest BCUT2D eigenvalue weighted by atomic mass is 10.2. The molecule has 0 atom stereocenters. The largest absolute Gasteiger partial charge is 0.466 e. The lowest BCUT2D eigenvalue weighted by Gasteiger charge is -1.96. The van der Waals surface area contributed by atoms with E-state index in [9.17, 15) is 24.1 Å². The summed E-state index contributed by atoms with van der Waals surface area (Å²) < 4.78 is 17.6. The van der Waals surface area contributed by atoms with Crippen LogP contribution in [-0.2, 0) is 14.3 Å². The van der Waals surface area contributed by atoms with Crippen LogP contribution in [0, 0.1) is 15.9 Å². The number of nitrogens with one attached hydrogen (secondary N) is 1. The van der Waals surface area contributed by atoms with Gasteiger partial charge in [0.25, 0.3) is 11.6 Å². The highest BCUT2D eigenvalue weighted by molar-refractivity contribution is 8.18. The average molecular weight is 352 g/mol. The third kappa shape index (κ3) is 4.23. The summed E-state index contributed by atoms with van der Waals surface area (Å²) >= 11 is 0.839. The van der Waals surface area contributed by atoms with Crippen molar-refractivity contribution >= 4 is 40.7 Å². The number of nitrogens with zero attached hydrogens (tertiary/aromatic N) is 3. The Balaban J connectivity index is 2.17. The second-order valence-corrected chi connectivity index (χ2v) is 5.23. The predicted octanol–water partition coefficient (Wildman–Crippen LogP) is 1.34. The van der Waals surface area contributed by atoms with E-state index in [1.54, 1.807) is 0 Å². The fraction of sp³-hybridized carbons (Fsp3) is 0.0769. The molecule has 1 aliphatic rings. The van der Waals surface area contributed by atoms with E-state index < -0.39 is 22.6 Å². The van der Waals surface area contributed by atoms with Gasteiger partial charge < -0.3 is 4.74 Å². The second-order valence-electron chi connectivity index (χ2n) is 4.20. The SMILES string of the molecule is COC(=O)/C=C1/S/C(=N\N=Cc2cc(F)ccc2[N+](=O)[O-])NC1=O. The third-order valence-corrected chi connectivity index (χ3v) is 3.53. The Kier molecular flexibility index (Phi) is 5.37. The van der Waals surface area contributed by atoms with Crippen LogP contribution in [0.5, 0.6) is 0 Å². The molecule has 24 heavy (non-hydrogen) atoms. The molecule has 1 N–H and O–H groups in total. The number of ether oxygens (including phenoxy) is 1. The summed E-state index contributed by atoms with van der Waals surface area (Å²) in [6.45, 7) is 0. The molecule has 0 unspecified atom stereocenters. The smallest absolute Gasteiger partial charge is 0.331 e. The Hall–Kier alpha value is -3.08. The summed E-state index contributed by atoms with van der Waals surface area (Å²) in [6, 6.07) is 2.90. The lowest BCUT2D eigenvalue weighted by Crippen LogP contribution is -2.19. The standard InChI is InChI=1S/C13H9FN4O5S/c1-23-11(19)5-10-12(20)16-13(24-10)17-15-6-7-4-8(14)2-3-9(7)18(21)22/h2-6H,1H3,(H,16,17,20)/b10-5+,15-6?. The molecule has 1 aliphatic heterocycles. The highest BCUT2D eigenvalue weighted by Gasteiger charge is 2.25. The molecule has 9 nitrogen and oxygen atoms in total. The van der Waals surface area contributed by atoms with Gasteiger partial charge in [-0.1, -0.05) is 0 Å². The number of amidine groups is 1. The van der Waals surface area contributed by atoms with Gasteiger partial charge in [-0.15, -0.1) is 5.10 Å². The molecule has 0 aliphatic carbocycles. The molecule has 1 fully saturated rings. The van der Waals surface area contributed by atoms with Crippen LogP contribution >= 0.6 is 11.8 Å². The van der Waals surface area contributed by atoms with Gasteiger partial charge in [0.05, 0.1) is 28.7 Å². The Bertz CT molecular complexity index is 806. The monoisotopic (exact) mass is 352 g/mol. The number of carbonyl (C=O) groups excluding carboxylic acids is 2. The molecule has 2 rings (SSSR count). The average Bonchev–Trinajstić information content (AvgIpc) is 2.86. The Morgan fingerprint density at radius 1 is 1.50 bits per heavy atom. The Labute approximate surface area is 138 Å². The van der Waals surface area contributed by atoms with E-state index in [4.69, 9.17) is 0 Å². The van der Waals surface area contributed by atoms with Gasteiger partial charge in [-0.25, -0.2) is 9.18 Å². The first kappa shape index (κ1) is 17.3. The van der Waals surface area contributed by atoms with Crippen LogP contribution in [-0.4, -0.2) is 35.3 Å². The quantitative estimate of drug-likeness (QED) is 0.287. The number of thioether (sulfide) groups is 1. The topological polar surface area (TPSA) is 123 Å². The van der Waals surface area contributed by atoms with Gasteiger partial charge in [-0.2, -0.15) is 5.10 Å².